The van der Waals surface area contributed by atoms with Gasteiger partial charge < -0.3 is 0 Å². The number of benzene rings is 9. The zero-order valence-electron chi connectivity index (χ0n) is 91.5. The molecule has 0 N–H and O–H groups in total. The van der Waals surface area contributed by atoms with Crippen molar-refractivity contribution in [3.05, 3.63) is 392 Å². The first kappa shape index (κ1) is 124. The van der Waals surface area contributed by atoms with Crippen molar-refractivity contribution in [2.45, 2.75) is 242 Å². The minimum atomic E-state index is 0.823. The van der Waals surface area contributed by atoms with E-state index < -0.39 is 0 Å². The molecule has 0 radical (unpaired) electrons. The molecule has 22 rings (SSSR count). The predicted octanol–water partition coefficient (Wildman–Crippen LogP) is 37.2. The summed E-state index contributed by atoms with van der Waals surface area (Å²) < 4.78 is 0. The Morgan fingerprint density at radius 1 is 0.149 bits per heavy atom. The van der Waals surface area contributed by atoms with Crippen LogP contribution in [-0.4, -0.2) is 74.8 Å². The molecule has 0 saturated carbocycles. The minimum Gasteiger partial charge on any atom is -0.261 e. The third-order valence-corrected chi connectivity index (χ3v) is 18.9. The molecule has 141 heavy (non-hydrogen) atoms. The van der Waals surface area contributed by atoms with Crippen LogP contribution in [0.4, 0.5) is 0 Å². The number of aryl methyl sites for hydroxylation is 9. The molecule has 22 aromatic rings. The maximum atomic E-state index is 4.54. The van der Waals surface area contributed by atoms with Gasteiger partial charge in [0.1, 0.15) is 5.82 Å². The molecule has 0 atom stereocenters. The lowest BCUT2D eigenvalue weighted by molar-refractivity contribution is 1.09. The first-order valence-corrected chi connectivity index (χ1v) is 50.9. The summed E-state index contributed by atoms with van der Waals surface area (Å²) >= 11 is 0. The van der Waals surface area contributed by atoms with Crippen molar-refractivity contribution in [3.8, 4) is 0 Å². The standard InChI is InChI=1S/4C13H10N2.3C10H9N.2C9H8N2.13C2H6/c1-9-8-10-4-2-6-14-12(10)13-11(9)5-3-7-15-13;1-9-4-5-11-7-6-10-3-2-8-14-12(10)13(11)15-9;1-9-6-8-15-13-11(9)5-4-10-3-2-7-14-12(10)13;1-9-7-11-5-4-10-3-2-6-14-12(10)13(11)15-8-9;1-8-4-5-10-9(7-8)3-2-6-11-10;1-8-6-9-4-2-3-5-10(9)7-11-8;1-8-6-7-9-4-2-3-5-10(9)11-8;1-7-10-6-8-4-2-3-5-9(8)11-7;1-7-6-10-8-4-2-3-5-9(8)11-7;13*1-2/h4*2-8H,1H3;3*2-7H,1H3;2*2-6H,1H3;13*1-2H3. The average molecular weight is 1890 g/mol. The van der Waals surface area contributed by atoms with E-state index in [-0.39, 0.29) is 0 Å². The van der Waals surface area contributed by atoms with Crippen molar-refractivity contribution >= 4 is 142 Å². The average Bonchev–Trinajstić information content (AvgIpc) is 0.793. The van der Waals surface area contributed by atoms with Crippen LogP contribution in [0.25, 0.3) is 142 Å². The molecule has 15 nitrogen and oxygen atoms in total. The quantitative estimate of drug-likeness (QED) is 0.130. The number of hydrogen-bond acceptors (Lipinski definition) is 15. The maximum Gasteiger partial charge on any atom is 0.125 e. The summed E-state index contributed by atoms with van der Waals surface area (Å²) in [6.45, 7) is 70.2. The van der Waals surface area contributed by atoms with Crippen LogP contribution in [-0.2, 0) is 0 Å². The van der Waals surface area contributed by atoms with E-state index in [2.05, 4.69) is 236 Å². The van der Waals surface area contributed by atoms with Crippen LogP contribution in [0.2, 0.25) is 0 Å². The number of pyridine rings is 11. The van der Waals surface area contributed by atoms with Gasteiger partial charge in [-0.05, 0) is 194 Å². The second-order valence-corrected chi connectivity index (χ2v) is 27.7. The Kier molecular flexibility index (Phi) is 65.4. The molecule has 0 aliphatic heterocycles. The zero-order valence-corrected chi connectivity index (χ0v) is 91.5. The fourth-order valence-electron chi connectivity index (χ4n) is 13.2. The zero-order chi connectivity index (χ0) is 105. The summed E-state index contributed by atoms with van der Waals surface area (Å²) in [6, 6.07) is 91.8. The number of nitrogens with zero attached hydrogens (tertiary/aromatic N) is 15. The summed E-state index contributed by atoms with van der Waals surface area (Å²) in [4.78, 5) is 65.0. The number of aromatic nitrogens is 15. The molecule has 740 valence electrons. The van der Waals surface area contributed by atoms with E-state index in [0.29, 0.717) is 0 Å². The van der Waals surface area contributed by atoms with Crippen LogP contribution in [0.1, 0.15) is 231 Å². The predicted molar refractivity (Wildman–Crippen MR) is 623 cm³/mol. The van der Waals surface area contributed by atoms with Gasteiger partial charge in [0.15, 0.2) is 0 Å². The van der Waals surface area contributed by atoms with E-state index in [1.807, 2.05) is 416 Å². The summed E-state index contributed by atoms with van der Waals surface area (Å²) in [5, 5.41) is 15.2. The van der Waals surface area contributed by atoms with Gasteiger partial charge in [0.2, 0.25) is 0 Å². The summed E-state index contributed by atoms with van der Waals surface area (Å²) in [7, 11) is 0. The normalized spacial score (nSPS) is 9.24. The lowest BCUT2D eigenvalue weighted by atomic mass is 10.1. The van der Waals surface area contributed by atoms with Crippen molar-refractivity contribution in [3.63, 3.8) is 0 Å². The largest absolute Gasteiger partial charge is 0.261 e. The summed E-state index contributed by atoms with van der Waals surface area (Å²) in [5.74, 6) is 0.823. The monoisotopic (exact) mass is 1880 g/mol. The Hall–Kier alpha value is -14.8. The lowest BCUT2D eigenvalue weighted by Crippen LogP contribution is -1.86. The van der Waals surface area contributed by atoms with Crippen molar-refractivity contribution < 1.29 is 0 Å². The van der Waals surface area contributed by atoms with Gasteiger partial charge in [-0.3, -0.25) is 59.8 Å². The molecule has 0 spiro atoms. The van der Waals surface area contributed by atoms with Gasteiger partial charge >= 0.3 is 0 Å². The van der Waals surface area contributed by atoms with Gasteiger partial charge in [0, 0.05) is 150 Å². The third-order valence-electron chi connectivity index (χ3n) is 18.9. The van der Waals surface area contributed by atoms with Gasteiger partial charge in [-0.25, -0.2) is 15.0 Å². The highest BCUT2D eigenvalue weighted by Crippen LogP contribution is 2.28. The number of hydrogen-bond donors (Lipinski definition) is 0. The molecule has 0 saturated heterocycles. The van der Waals surface area contributed by atoms with Gasteiger partial charge in [-0.15, -0.1) is 0 Å². The van der Waals surface area contributed by atoms with Gasteiger partial charge in [-0.2, -0.15) is 0 Å². The van der Waals surface area contributed by atoms with E-state index in [1.54, 1.807) is 6.20 Å². The Labute approximate surface area is 845 Å². The van der Waals surface area contributed by atoms with E-state index in [4.69, 9.17) is 0 Å². The molecule has 13 heterocycles. The maximum absolute atomic E-state index is 4.54. The van der Waals surface area contributed by atoms with Crippen molar-refractivity contribution in [1.82, 2.24) is 74.8 Å². The molecule has 0 unspecified atom stereocenters. The highest BCUT2D eigenvalue weighted by Gasteiger charge is 2.08. The molecule has 13 aromatic heterocycles. The van der Waals surface area contributed by atoms with Crippen LogP contribution in [0, 0.1) is 62.3 Å². The molecule has 0 fully saturated rings. The van der Waals surface area contributed by atoms with Gasteiger partial charge in [0.05, 0.1) is 77.4 Å². The highest BCUT2D eigenvalue weighted by molar-refractivity contribution is 6.06. The van der Waals surface area contributed by atoms with Crippen LogP contribution < -0.4 is 0 Å². The first-order chi connectivity index (χ1) is 69.2. The van der Waals surface area contributed by atoms with E-state index in [9.17, 15) is 0 Å². The molecule has 0 bridgehead atoms. The second-order valence-electron chi connectivity index (χ2n) is 27.7. The molecule has 0 aliphatic carbocycles. The van der Waals surface area contributed by atoms with Crippen LogP contribution in [0.5, 0.6) is 0 Å². The van der Waals surface area contributed by atoms with Crippen molar-refractivity contribution in [2.75, 3.05) is 0 Å². The van der Waals surface area contributed by atoms with Crippen molar-refractivity contribution in [2.24, 2.45) is 0 Å². The molecular weight excluding hydrogens is 1720 g/mol. The Morgan fingerprint density at radius 2 is 0.511 bits per heavy atom. The smallest absolute Gasteiger partial charge is 0.125 e. The van der Waals surface area contributed by atoms with Crippen LogP contribution >= 0.6 is 0 Å². The lowest BCUT2D eigenvalue weighted by Gasteiger charge is -2.04. The summed E-state index contributed by atoms with van der Waals surface area (Å²) in [6.07, 6.45) is 20.1. The van der Waals surface area contributed by atoms with Crippen molar-refractivity contribution in [1.29, 1.82) is 0 Å². The Bertz CT molecular complexity index is 6640. The van der Waals surface area contributed by atoms with E-state index in [1.165, 1.54) is 54.6 Å². The Balaban J connectivity index is 0.000000772. The topological polar surface area (TPSA) is 193 Å². The summed E-state index contributed by atoms with van der Waals surface area (Å²) in [5.41, 5.74) is 22.1. The van der Waals surface area contributed by atoms with Gasteiger partial charge in [0.25, 0.3) is 0 Å². The molecule has 0 amide bonds. The molecule has 9 aromatic carbocycles. The SMILES string of the molecule is CC.CC.CC.CC.CC.CC.CC.CC.CC.CC.CC.CC.CC.Cc1cc2ccccc2cn1.Cc1cc2cccnc2c2ncccc12.Cc1ccc2ccc3cccnc3c2n1.Cc1ccc2ccccc2n1.Cc1ccc2ncccc2c1.Cc1ccnc2c1ccc1cccnc12.Cc1cnc2c(ccc3cccnc32)c1.Cc1cnc2ccccc2n1.Cc1ncc2ccccc2n1. The van der Waals surface area contributed by atoms with Gasteiger partial charge in [-0.1, -0.05) is 349 Å². The molecular formula is C126H161N15. The first-order valence-electron chi connectivity index (χ1n) is 50.9. The number of para-hydroxylation sites is 4. The third kappa shape index (κ3) is 39.5. The second kappa shape index (κ2) is 74.3. The fourth-order valence-corrected chi connectivity index (χ4v) is 13.2. The van der Waals surface area contributed by atoms with E-state index >= 15 is 0 Å². The Morgan fingerprint density at radius 3 is 1.08 bits per heavy atom. The minimum absolute atomic E-state index is 0.823. The number of rotatable bonds is 0. The van der Waals surface area contributed by atoms with Crippen LogP contribution in [0.3, 0.4) is 0 Å². The van der Waals surface area contributed by atoms with E-state index in [0.717, 1.165) is 138 Å². The molecule has 15 heteroatoms. The fraction of sp³-hybridized carbons (Fsp3) is 0.278. The number of fused-ring (bicyclic) bond motifs is 17. The molecule has 0 aliphatic rings. The van der Waals surface area contributed by atoms with Crippen LogP contribution in [0.15, 0.2) is 341 Å². The highest BCUT2D eigenvalue weighted by atomic mass is 14.9.